The highest BCUT2D eigenvalue weighted by Crippen LogP contribution is 2.22. The first kappa shape index (κ1) is 20.1. The Morgan fingerprint density at radius 2 is 1.97 bits per heavy atom. The first-order valence-corrected chi connectivity index (χ1v) is 10.4. The van der Waals surface area contributed by atoms with Gasteiger partial charge in [-0.2, -0.15) is 0 Å². The van der Waals surface area contributed by atoms with Crippen LogP contribution in [0.25, 0.3) is 0 Å². The molecule has 9 heteroatoms. The standard InChI is InChI=1S/C21H20FN5O2S/c1-14-10-19(15(2)26(14)11-16-5-7-17(22)8-6-16)20(28)13-30-21-23-24-25-27(21)12-18-4-3-9-29-18/h3-10H,11-13H2,1-2H3. The number of thioether (sulfide) groups is 1. The van der Waals surface area contributed by atoms with Gasteiger partial charge >= 0.3 is 0 Å². The van der Waals surface area contributed by atoms with Crippen LogP contribution in [0.1, 0.15) is 33.1 Å². The molecule has 0 amide bonds. The summed E-state index contributed by atoms with van der Waals surface area (Å²) in [5.74, 6) is 0.701. The van der Waals surface area contributed by atoms with E-state index in [1.165, 1.54) is 23.9 Å². The zero-order valence-corrected chi connectivity index (χ0v) is 17.4. The Morgan fingerprint density at radius 1 is 1.17 bits per heavy atom. The molecule has 1 aromatic carbocycles. The highest BCUT2D eigenvalue weighted by molar-refractivity contribution is 7.99. The number of hydrogen-bond acceptors (Lipinski definition) is 6. The van der Waals surface area contributed by atoms with Gasteiger partial charge in [-0.05, 0) is 60.2 Å². The first-order valence-electron chi connectivity index (χ1n) is 9.37. The van der Waals surface area contributed by atoms with E-state index in [-0.39, 0.29) is 17.4 Å². The van der Waals surface area contributed by atoms with Crippen molar-refractivity contribution in [1.82, 2.24) is 24.8 Å². The van der Waals surface area contributed by atoms with Gasteiger partial charge in [0.2, 0.25) is 5.16 Å². The molecule has 4 rings (SSSR count). The lowest BCUT2D eigenvalue weighted by molar-refractivity contribution is 0.102. The molecule has 0 radical (unpaired) electrons. The molecule has 0 aliphatic rings. The third-order valence-electron chi connectivity index (χ3n) is 4.85. The summed E-state index contributed by atoms with van der Waals surface area (Å²) in [5.41, 5.74) is 3.52. The van der Waals surface area contributed by atoms with Crippen LogP contribution >= 0.6 is 11.8 Å². The van der Waals surface area contributed by atoms with Crippen LogP contribution in [-0.4, -0.2) is 36.3 Å². The molecule has 154 valence electrons. The normalized spacial score (nSPS) is 11.2. The van der Waals surface area contributed by atoms with Crippen LogP contribution < -0.4 is 0 Å². The van der Waals surface area contributed by atoms with Gasteiger partial charge < -0.3 is 8.98 Å². The van der Waals surface area contributed by atoms with Crippen molar-refractivity contribution in [1.29, 1.82) is 0 Å². The number of halogens is 1. The summed E-state index contributed by atoms with van der Waals surface area (Å²) < 4.78 is 22.1. The lowest BCUT2D eigenvalue weighted by Crippen LogP contribution is -2.09. The van der Waals surface area contributed by atoms with Crippen LogP contribution in [0.2, 0.25) is 0 Å². The minimum atomic E-state index is -0.262. The van der Waals surface area contributed by atoms with Crippen LogP contribution in [0.15, 0.2) is 58.3 Å². The minimum absolute atomic E-state index is 0.00556. The zero-order chi connectivity index (χ0) is 21.1. The number of carbonyl (C=O) groups is 1. The molecule has 0 saturated heterocycles. The van der Waals surface area contributed by atoms with Gasteiger partial charge in [0.15, 0.2) is 5.78 Å². The van der Waals surface area contributed by atoms with Crippen molar-refractivity contribution in [3.8, 4) is 0 Å². The highest BCUT2D eigenvalue weighted by Gasteiger charge is 2.18. The molecule has 0 N–H and O–H groups in total. The zero-order valence-electron chi connectivity index (χ0n) is 16.6. The number of aryl methyl sites for hydroxylation is 1. The van der Waals surface area contributed by atoms with Crippen molar-refractivity contribution >= 4 is 17.5 Å². The number of aromatic nitrogens is 5. The second kappa shape index (κ2) is 8.66. The third kappa shape index (κ3) is 4.35. The summed E-state index contributed by atoms with van der Waals surface area (Å²) in [4.78, 5) is 12.9. The third-order valence-corrected chi connectivity index (χ3v) is 5.80. The smallest absolute Gasteiger partial charge is 0.210 e. The van der Waals surface area contributed by atoms with Gasteiger partial charge in [-0.3, -0.25) is 4.79 Å². The summed E-state index contributed by atoms with van der Waals surface area (Å²) in [6.07, 6.45) is 1.59. The molecular weight excluding hydrogens is 405 g/mol. The van der Waals surface area contributed by atoms with Gasteiger partial charge in [0.1, 0.15) is 18.1 Å². The van der Waals surface area contributed by atoms with E-state index in [9.17, 15) is 9.18 Å². The van der Waals surface area contributed by atoms with E-state index < -0.39 is 0 Å². The maximum atomic E-state index is 13.2. The van der Waals surface area contributed by atoms with Crippen molar-refractivity contribution in [3.05, 3.63) is 82.8 Å². The van der Waals surface area contributed by atoms with Crippen LogP contribution in [0.3, 0.4) is 0 Å². The van der Waals surface area contributed by atoms with Gasteiger partial charge in [-0.25, -0.2) is 9.07 Å². The molecule has 3 heterocycles. The predicted molar refractivity (Wildman–Crippen MR) is 110 cm³/mol. The molecule has 0 aliphatic carbocycles. The van der Waals surface area contributed by atoms with Crippen molar-refractivity contribution in [3.63, 3.8) is 0 Å². The van der Waals surface area contributed by atoms with Crippen LogP contribution in [-0.2, 0) is 13.1 Å². The molecule has 0 saturated carbocycles. The number of benzene rings is 1. The average Bonchev–Trinajstić information content (AvgIpc) is 3.46. The number of Topliss-reactive ketones (excluding diaryl/α,β-unsaturated/α-hetero) is 1. The lowest BCUT2D eigenvalue weighted by atomic mass is 10.2. The van der Waals surface area contributed by atoms with E-state index in [0.717, 1.165) is 22.7 Å². The average molecular weight is 425 g/mol. The Morgan fingerprint density at radius 3 is 2.70 bits per heavy atom. The number of furan rings is 1. The van der Waals surface area contributed by atoms with Gasteiger partial charge in [-0.1, -0.05) is 23.9 Å². The van der Waals surface area contributed by atoms with Crippen molar-refractivity contribution < 1.29 is 13.6 Å². The van der Waals surface area contributed by atoms with Gasteiger partial charge in [0.05, 0.1) is 12.0 Å². The first-order chi connectivity index (χ1) is 14.5. The second-order valence-electron chi connectivity index (χ2n) is 6.91. The molecule has 0 aliphatic heterocycles. The number of rotatable bonds is 8. The fourth-order valence-corrected chi connectivity index (χ4v) is 4.02. The highest BCUT2D eigenvalue weighted by atomic mass is 32.2. The summed E-state index contributed by atoms with van der Waals surface area (Å²) in [6, 6.07) is 11.9. The maximum Gasteiger partial charge on any atom is 0.210 e. The Labute approximate surface area is 176 Å². The van der Waals surface area contributed by atoms with E-state index in [2.05, 4.69) is 20.1 Å². The number of tetrazole rings is 1. The summed E-state index contributed by atoms with van der Waals surface area (Å²) in [5, 5.41) is 12.2. The summed E-state index contributed by atoms with van der Waals surface area (Å²) >= 11 is 1.29. The van der Waals surface area contributed by atoms with Crippen LogP contribution in [0.4, 0.5) is 4.39 Å². The topological polar surface area (TPSA) is 78.7 Å². The molecule has 4 aromatic rings. The molecule has 3 aromatic heterocycles. The maximum absolute atomic E-state index is 13.2. The van der Waals surface area contributed by atoms with E-state index >= 15 is 0 Å². The summed E-state index contributed by atoms with van der Waals surface area (Å²) in [7, 11) is 0. The molecule has 30 heavy (non-hydrogen) atoms. The minimum Gasteiger partial charge on any atom is -0.467 e. The van der Waals surface area contributed by atoms with E-state index in [1.54, 1.807) is 29.1 Å². The van der Waals surface area contributed by atoms with E-state index in [0.29, 0.717) is 23.8 Å². The molecule has 0 spiro atoms. The predicted octanol–water partition coefficient (Wildman–Crippen LogP) is 3.90. The molecule has 0 fully saturated rings. The molecular formula is C21H20FN5O2S. The molecule has 0 unspecified atom stereocenters. The van der Waals surface area contributed by atoms with Gasteiger partial charge in [0.25, 0.3) is 0 Å². The SMILES string of the molecule is Cc1cc(C(=O)CSc2nnnn2Cc2ccco2)c(C)n1Cc1ccc(F)cc1. The lowest BCUT2D eigenvalue weighted by Gasteiger charge is -2.10. The number of nitrogens with zero attached hydrogens (tertiary/aromatic N) is 5. The largest absolute Gasteiger partial charge is 0.467 e. The van der Waals surface area contributed by atoms with E-state index in [4.69, 9.17) is 4.42 Å². The van der Waals surface area contributed by atoms with Crippen LogP contribution in [0, 0.1) is 19.7 Å². The fourth-order valence-electron chi connectivity index (χ4n) is 3.26. The molecule has 0 bridgehead atoms. The Kier molecular flexibility index (Phi) is 5.80. The van der Waals surface area contributed by atoms with Crippen molar-refractivity contribution in [2.24, 2.45) is 0 Å². The number of ketones is 1. The number of hydrogen-bond donors (Lipinski definition) is 0. The van der Waals surface area contributed by atoms with Gasteiger partial charge in [-0.15, -0.1) is 5.10 Å². The van der Waals surface area contributed by atoms with Crippen LogP contribution in [0.5, 0.6) is 0 Å². The van der Waals surface area contributed by atoms with Gasteiger partial charge in [0, 0.05) is 23.5 Å². The Bertz CT molecular complexity index is 1150. The fraction of sp³-hybridized carbons (Fsp3) is 0.238. The van der Waals surface area contributed by atoms with Crippen molar-refractivity contribution in [2.75, 3.05) is 5.75 Å². The van der Waals surface area contributed by atoms with E-state index in [1.807, 2.05) is 26.0 Å². The quantitative estimate of drug-likeness (QED) is 0.315. The monoisotopic (exact) mass is 425 g/mol. The summed E-state index contributed by atoms with van der Waals surface area (Å²) in [6.45, 7) is 4.88. The second-order valence-corrected chi connectivity index (χ2v) is 7.85. The van der Waals surface area contributed by atoms with Crippen molar-refractivity contribution in [2.45, 2.75) is 32.1 Å². The number of carbonyl (C=O) groups excluding carboxylic acids is 1. The Balaban J connectivity index is 1.44. The molecule has 7 nitrogen and oxygen atoms in total. The Hall–Kier alpha value is -3.20. The molecule has 0 atom stereocenters.